The fourth-order valence-electron chi connectivity index (χ4n) is 6.17. The predicted molar refractivity (Wildman–Crippen MR) is 145 cm³/mol. The Kier molecular flexibility index (Phi) is 6.91. The van der Waals surface area contributed by atoms with E-state index in [0.29, 0.717) is 27.5 Å². The molecular weight excluding hydrogens is 520 g/mol. The molecule has 200 valence electrons. The predicted octanol–water partition coefficient (Wildman–Crippen LogP) is 4.45. The Bertz CT molecular complexity index is 1450. The number of carbonyl (C=O) groups is 4. The molecule has 2 aliphatic rings. The largest absolute Gasteiger partial charge is 0.469 e. The van der Waals surface area contributed by atoms with Gasteiger partial charge in [-0.25, -0.2) is 9.69 Å². The molecule has 3 aromatic rings. The molecule has 2 aliphatic heterocycles. The third-order valence-electron chi connectivity index (χ3n) is 7.49. The van der Waals surface area contributed by atoms with Crippen molar-refractivity contribution in [1.29, 1.82) is 0 Å². The van der Waals surface area contributed by atoms with Crippen molar-refractivity contribution in [1.82, 2.24) is 0 Å². The summed E-state index contributed by atoms with van der Waals surface area (Å²) < 4.78 is 10.8. The maximum atomic E-state index is 14.7. The standard InChI is InChI=1S/C30H27ClN2O6/c1-4-39-28(36)25-24(27(35)38-3)30(22-17-20(31)15-16-23(22)32(18(2)34)29(30)37)26(19-11-7-5-8-12-19)33(25)21-13-9-6-10-14-21/h5-17,24-26H,4H2,1-3H3/t24-,25-,26+,30-/m0/s1. The van der Waals surface area contributed by atoms with Gasteiger partial charge in [0.2, 0.25) is 11.8 Å². The van der Waals surface area contributed by atoms with E-state index >= 15 is 0 Å². The lowest BCUT2D eigenvalue weighted by molar-refractivity contribution is -0.157. The van der Waals surface area contributed by atoms with Crippen LogP contribution in [-0.4, -0.2) is 43.5 Å². The number of benzene rings is 3. The Balaban J connectivity index is 1.95. The highest BCUT2D eigenvalue weighted by atomic mass is 35.5. The number of anilines is 2. The smallest absolute Gasteiger partial charge is 0.329 e. The molecule has 0 bridgehead atoms. The number of amides is 2. The van der Waals surface area contributed by atoms with Crippen LogP contribution in [-0.2, 0) is 34.1 Å². The van der Waals surface area contributed by atoms with Gasteiger partial charge in [0, 0.05) is 17.6 Å². The van der Waals surface area contributed by atoms with Crippen LogP contribution in [0.5, 0.6) is 0 Å². The number of ether oxygens (including phenoxy) is 2. The van der Waals surface area contributed by atoms with Crippen molar-refractivity contribution < 1.29 is 28.7 Å². The normalized spacial score (nSPS) is 23.6. The molecule has 0 aliphatic carbocycles. The van der Waals surface area contributed by atoms with Crippen molar-refractivity contribution in [3.8, 4) is 0 Å². The minimum Gasteiger partial charge on any atom is -0.469 e. The molecule has 0 radical (unpaired) electrons. The molecule has 39 heavy (non-hydrogen) atoms. The van der Waals surface area contributed by atoms with E-state index in [1.807, 2.05) is 36.4 Å². The number of imide groups is 1. The van der Waals surface area contributed by atoms with E-state index in [-0.39, 0.29) is 6.61 Å². The summed E-state index contributed by atoms with van der Waals surface area (Å²) in [5, 5.41) is 0.313. The number of nitrogens with zero attached hydrogens (tertiary/aromatic N) is 2. The Morgan fingerprint density at radius 3 is 2.18 bits per heavy atom. The van der Waals surface area contributed by atoms with Gasteiger partial charge in [0.1, 0.15) is 17.4 Å². The first kappa shape index (κ1) is 26.4. The van der Waals surface area contributed by atoms with E-state index in [2.05, 4.69) is 0 Å². The van der Waals surface area contributed by atoms with E-state index in [9.17, 15) is 19.2 Å². The summed E-state index contributed by atoms with van der Waals surface area (Å²) in [4.78, 5) is 58.1. The third-order valence-corrected chi connectivity index (χ3v) is 7.72. The highest BCUT2D eigenvalue weighted by Gasteiger charge is 2.73. The molecule has 0 unspecified atom stereocenters. The SMILES string of the molecule is CCOC(=O)[C@@H]1[C@@H](C(=O)OC)[C@]2(C(=O)N(C(C)=O)c3ccc(Cl)cc32)[C@@H](c2ccccc2)N1c1ccccc1. The second kappa shape index (κ2) is 10.2. The zero-order valence-electron chi connectivity index (χ0n) is 21.7. The molecule has 2 amide bonds. The summed E-state index contributed by atoms with van der Waals surface area (Å²) in [6.07, 6.45) is 0. The van der Waals surface area contributed by atoms with E-state index in [1.54, 1.807) is 54.3 Å². The maximum Gasteiger partial charge on any atom is 0.329 e. The summed E-state index contributed by atoms with van der Waals surface area (Å²) in [6, 6.07) is 20.8. The number of carbonyl (C=O) groups excluding carboxylic acids is 4. The van der Waals surface area contributed by atoms with Crippen molar-refractivity contribution in [2.45, 2.75) is 31.3 Å². The zero-order valence-corrected chi connectivity index (χ0v) is 22.4. The Morgan fingerprint density at radius 1 is 0.949 bits per heavy atom. The number of para-hydroxylation sites is 1. The number of halogens is 1. The topological polar surface area (TPSA) is 93.2 Å². The number of esters is 2. The fraction of sp³-hybridized carbons (Fsp3) is 0.267. The third kappa shape index (κ3) is 3.89. The van der Waals surface area contributed by atoms with Crippen LogP contribution in [0.4, 0.5) is 11.4 Å². The first-order valence-corrected chi connectivity index (χ1v) is 12.9. The number of hydrogen-bond acceptors (Lipinski definition) is 7. The van der Waals surface area contributed by atoms with Crippen molar-refractivity contribution in [2.75, 3.05) is 23.5 Å². The van der Waals surface area contributed by atoms with E-state index in [4.69, 9.17) is 21.1 Å². The second-order valence-corrected chi connectivity index (χ2v) is 9.88. The van der Waals surface area contributed by atoms with Gasteiger partial charge in [-0.3, -0.25) is 14.4 Å². The average Bonchev–Trinajstić information content (AvgIpc) is 3.39. The molecular formula is C30H27ClN2O6. The van der Waals surface area contributed by atoms with Gasteiger partial charge in [-0.1, -0.05) is 60.1 Å². The van der Waals surface area contributed by atoms with Gasteiger partial charge in [0.25, 0.3) is 0 Å². The van der Waals surface area contributed by atoms with Crippen LogP contribution in [0.3, 0.4) is 0 Å². The first-order chi connectivity index (χ1) is 18.8. The lowest BCUT2D eigenvalue weighted by Crippen LogP contribution is -2.52. The second-order valence-electron chi connectivity index (χ2n) is 9.44. The van der Waals surface area contributed by atoms with Crippen molar-refractivity contribution in [2.24, 2.45) is 5.92 Å². The van der Waals surface area contributed by atoms with Gasteiger partial charge < -0.3 is 14.4 Å². The van der Waals surface area contributed by atoms with Crippen LogP contribution in [0.15, 0.2) is 78.9 Å². The molecule has 1 saturated heterocycles. The monoisotopic (exact) mass is 546 g/mol. The van der Waals surface area contributed by atoms with Gasteiger partial charge in [-0.2, -0.15) is 0 Å². The number of hydrogen-bond donors (Lipinski definition) is 0. The van der Waals surface area contributed by atoms with Crippen LogP contribution in [0.2, 0.25) is 5.02 Å². The van der Waals surface area contributed by atoms with Gasteiger partial charge in [0.05, 0.1) is 25.4 Å². The highest BCUT2D eigenvalue weighted by molar-refractivity contribution is 6.32. The summed E-state index contributed by atoms with van der Waals surface area (Å²) >= 11 is 6.48. The zero-order chi connectivity index (χ0) is 27.9. The Morgan fingerprint density at radius 2 is 1.59 bits per heavy atom. The molecule has 3 aromatic carbocycles. The van der Waals surface area contributed by atoms with Gasteiger partial charge in [-0.15, -0.1) is 0 Å². The Hall–Kier alpha value is -4.17. The lowest BCUT2D eigenvalue weighted by Gasteiger charge is -2.37. The van der Waals surface area contributed by atoms with E-state index in [1.165, 1.54) is 14.0 Å². The quantitative estimate of drug-likeness (QED) is 0.436. The molecule has 1 fully saturated rings. The molecule has 2 heterocycles. The summed E-state index contributed by atoms with van der Waals surface area (Å²) in [7, 11) is 1.21. The van der Waals surface area contributed by atoms with Crippen LogP contribution < -0.4 is 9.80 Å². The summed E-state index contributed by atoms with van der Waals surface area (Å²) in [5.74, 6) is -4.00. The molecule has 9 heteroatoms. The van der Waals surface area contributed by atoms with E-state index in [0.717, 1.165) is 4.90 Å². The van der Waals surface area contributed by atoms with E-state index < -0.39 is 47.2 Å². The molecule has 5 rings (SSSR count). The Labute approximate surface area is 231 Å². The highest BCUT2D eigenvalue weighted by Crippen LogP contribution is 2.62. The van der Waals surface area contributed by atoms with Gasteiger partial charge >= 0.3 is 11.9 Å². The van der Waals surface area contributed by atoms with Gasteiger partial charge in [0.15, 0.2) is 0 Å². The van der Waals surface area contributed by atoms with Crippen LogP contribution in [0, 0.1) is 5.92 Å². The fourth-order valence-corrected chi connectivity index (χ4v) is 6.34. The number of rotatable bonds is 5. The minimum absolute atomic E-state index is 0.0603. The molecule has 4 atom stereocenters. The summed E-state index contributed by atoms with van der Waals surface area (Å²) in [5.41, 5.74) is 0.171. The minimum atomic E-state index is -1.76. The molecule has 1 spiro atoms. The average molecular weight is 547 g/mol. The maximum absolute atomic E-state index is 14.7. The van der Waals surface area contributed by atoms with Crippen molar-refractivity contribution >= 4 is 46.7 Å². The molecule has 8 nitrogen and oxygen atoms in total. The summed E-state index contributed by atoms with van der Waals surface area (Å²) in [6.45, 7) is 3.02. The first-order valence-electron chi connectivity index (χ1n) is 12.6. The number of methoxy groups -OCH3 is 1. The van der Waals surface area contributed by atoms with Crippen LogP contribution in [0.1, 0.15) is 31.0 Å². The lowest BCUT2D eigenvalue weighted by atomic mass is 9.65. The number of fused-ring (bicyclic) bond motifs is 2. The molecule has 0 N–H and O–H groups in total. The van der Waals surface area contributed by atoms with Crippen LogP contribution in [0.25, 0.3) is 0 Å². The van der Waals surface area contributed by atoms with Crippen LogP contribution >= 0.6 is 11.6 Å². The molecule has 0 aromatic heterocycles. The van der Waals surface area contributed by atoms with Gasteiger partial charge in [-0.05, 0) is 48.4 Å². The van der Waals surface area contributed by atoms with Crippen molar-refractivity contribution in [3.05, 3.63) is 95.0 Å². The van der Waals surface area contributed by atoms with Crippen molar-refractivity contribution in [3.63, 3.8) is 0 Å². The molecule has 0 saturated carbocycles.